The summed E-state index contributed by atoms with van der Waals surface area (Å²) in [6.07, 6.45) is 1.03. The van der Waals surface area contributed by atoms with Crippen molar-refractivity contribution in [2.24, 2.45) is 11.5 Å². The first kappa shape index (κ1) is 10.6. The highest BCUT2D eigenvalue weighted by Gasteiger charge is 2.28. The average Bonchev–Trinajstić information content (AvgIpc) is 1.79. The molecule has 7 heavy (non-hydrogen) atoms. The van der Waals surface area contributed by atoms with Crippen LogP contribution in [0.1, 0.15) is 6.42 Å². The summed E-state index contributed by atoms with van der Waals surface area (Å²) >= 11 is 0. The van der Waals surface area contributed by atoms with Crippen molar-refractivity contribution in [1.29, 1.82) is 0 Å². The quantitative estimate of drug-likeness (QED) is 0.466. The van der Waals surface area contributed by atoms with Crippen molar-refractivity contribution in [3.63, 3.8) is 0 Å². The smallest absolute Gasteiger partial charge is 0.0208 e. The van der Waals surface area contributed by atoms with Gasteiger partial charge in [0.1, 0.15) is 0 Å². The summed E-state index contributed by atoms with van der Waals surface area (Å²) in [7, 11) is 0. The summed E-state index contributed by atoms with van der Waals surface area (Å²) < 4.78 is 0. The van der Waals surface area contributed by atoms with Gasteiger partial charge < -0.3 is 11.5 Å². The fourth-order valence-electron chi connectivity index (χ4n) is 0.236. The zero-order valence-corrected chi connectivity index (χ0v) is 6.02. The van der Waals surface area contributed by atoms with Gasteiger partial charge >= 0.3 is 0 Å². The third kappa shape index (κ3) is 3.22. The van der Waals surface area contributed by atoms with E-state index in [0.29, 0.717) is 12.1 Å². The Hall–Kier alpha value is 0.620. The molecule has 0 unspecified atom stereocenters. The summed E-state index contributed by atoms with van der Waals surface area (Å²) in [6, 6.07) is 0.657. The molecule has 1 aliphatic carbocycles. The Morgan fingerprint density at radius 1 is 1.00 bits per heavy atom. The molecule has 2 nitrogen and oxygen atoms in total. The monoisotopic (exact) mass is 140 g/mol. The van der Waals surface area contributed by atoms with Crippen LogP contribution in [-0.2, 0) is 0 Å². The second kappa shape index (κ2) is 3.60. The highest BCUT2D eigenvalue weighted by molar-refractivity contribution is 7.59. The highest BCUT2D eigenvalue weighted by atomic mass is 32.1. The Morgan fingerprint density at radius 3 is 1.14 bits per heavy atom. The standard InChI is InChI=1S/C3H8N2.2H2S/c4-2-1-3(2)5;;/h2-3H,1,4-5H2;2*1H2/t2-,3-;;/m0../s1. The second-order valence-electron chi connectivity index (χ2n) is 1.56. The first-order valence-electron chi connectivity index (χ1n) is 1.82. The van der Waals surface area contributed by atoms with E-state index in [2.05, 4.69) is 0 Å². The minimum atomic E-state index is 0. The Labute approximate surface area is 57.5 Å². The zero-order chi connectivity index (χ0) is 3.86. The summed E-state index contributed by atoms with van der Waals surface area (Å²) in [6.45, 7) is 0. The van der Waals surface area contributed by atoms with E-state index in [9.17, 15) is 0 Å². The van der Waals surface area contributed by atoms with E-state index in [4.69, 9.17) is 11.5 Å². The van der Waals surface area contributed by atoms with Crippen molar-refractivity contribution in [2.45, 2.75) is 18.5 Å². The molecule has 0 aromatic carbocycles. The molecule has 4 N–H and O–H groups in total. The van der Waals surface area contributed by atoms with Crippen LogP contribution in [0.15, 0.2) is 0 Å². The first-order chi connectivity index (χ1) is 2.30. The Kier molecular flexibility index (Phi) is 5.44. The molecule has 1 aliphatic rings. The van der Waals surface area contributed by atoms with Gasteiger partial charge in [-0.2, -0.15) is 27.0 Å². The SMILES string of the molecule is N[C@H]1C[C@@H]1N.S.S. The van der Waals surface area contributed by atoms with Crippen molar-refractivity contribution in [1.82, 2.24) is 0 Å². The van der Waals surface area contributed by atoms with Gasteiger partial charge in [-0.15, -0.1) is 0 Å². The molecule has 4 heteroatoms. The normalized spacial score (nSPS) is 35.1. The van der Waals surface area contributed by atoms with E-state index in [1.54, 1.807) is 0 Å². The van der Waals surface area contributed by atoms with Crippen molar-refractivity contribution in [2.75, 3.05) is 0 Å². The second-order valence-corrected chi connectivity index (χ2v) is 1.56. The maximum absolute atomic E-state index is 5.24. The van der Waals surface area contributed by atoms with Gasteiger partial charge in [0.15, 0.2) is 0 Å². The van der Waals surface area contributed by atoms with Gasteiger partial charge in [-0.1, -0.05) is 0 Å². The molecule has 0 spiro atoms. The van der Waals surface area contributed by atoms with E-state index < -0.39 is 0 Å². The van der Waals surface area contributed by atoms with E-state index in [1.165, 1.54) is 0 Å². The molecule has 0 amide bonds. The van der Waals surface area contributed by atoms with E-state index in [-0.39, 0.29) is 27.0 Å². The van der Waals surface area contributed by atoms with Crippen molar-refractivity contribution in [3.8, 4) is 0 Å². The number of nitrogens with two attached hydrogens (primary N) is 2. The lowest BCUT2D eigenvalue weighted by Crippen LogP contribution is -2.12. The predicted octanol–water partition coefficient (Wildman–Crippen LogP) is -0.730. The van der Waals surface area contributed by atoms with Crippen molar-refractivity contribution in [3.05, 3.63) is 0 Å². The minimum absolute atomic E-state index is 0. The van der Waals surface area contributed by atoms with Crippen LogP contribution in [0.25, 0.3) is 0 Å². The lowest BCUT2D eigenvalue weighted by molar-refractivity contribution is 0.962. The molecule has 0 radical (unpaired) electrons. The Balaban J connectivity index is 0. The van der Waals surface area contributed by atoms with Crippen molar-refractivity contribution >= 4 is 27.0 Å². The van der Waals surface area contributed by atoms with Crippen LogP contribution in [0.4, 0.5) is 0 Å². The van der Waals surface area contributed by atoms with Crippen LogP contribution in [0.5, 0.6) is 0 Å². The Morgan fingerprint density at radius 2 is 1.14 bits per heavy atom. The van der Waals surface area contributed by atoms with Gasteiger partial charge in [0.05, 0.1) is 0 Å². The van der Waals surface area contributed by atoms with Gasteiger partial charge in [0.2, 0.25) is 0 Å². The minimum Gasteiger partial charge on any atom is -0.326 e. The van der Waals surface area contributed by atoms with Crippen LogP contribution in [0, 0.1) is 0 Å². The zero-order valence-electron chi connectivity index (χ0n) is 4.02. The van der Waals surface area contributed by atoms with Gasteiger partial charge in [0.25, 0.3) is 0 Å². The van der Waals surface area contributed by atoms with Crippen LogP contribution in [-0.4, -0.2) is 12.1 Å². The summed E-state index contributed by atoms with van der Waals surface area (Å²) in [5.74, 6) is 0. The van der Waals surface area contributed by atoms with Gasteiger partial charge in [-0.3, -0.25) is 0 Å². The largest absolute Gasteiger partial charge is 0.326 e. The first-order valence-corrected chi connectivity index (χ1v) is 1.82. The number of hydrogen-bond acceptors (Lipinski definition) is 2. The van der Waals surface area contributed by atoms with Crippen LogP contribution < -0.4 is 11.5 Å². The van der Waals surface area contributed by atoms with Gasteiger partial charge in [-0.05, 0) is 6.42 Å². The fraction of sp³-hybridized carbons (Fsp3) is 1.00. The molecule has 0 aromatic rings. The van der Waals surface area contributed by atoms with E-state index in [1.807, 2.05) is 0 Å². The molecule has 0 aliphatic heterocycles. The maximum atomic E-state index is 5.24. The highest BCUT2D eigenvalue weighted by Crippen LogP contribution is 2.12. The molecule has 46 valence electrons. The summed E-state index contributed by atoms with van der Waals surface area (Å²) in [5, 5.41) is 0. The van der Waals surface area contributed by atoms with Crippen molar-refractivity contribution < 1.29 is 0 Å². The topological polar surface area (TPSA) is 52.0 Å². The maximum Gasteiger partial charge on any atom is 0.0208 e. The van der Waals surface area contributed by atoms with E-state index in [0.717, 1.165) is 6.42 Å². The predicted molar refractivity (Wildman–Crippen MR) is 41.3 cm³/mol. The third-order valence-corrected chi connectivity index (χ3v) is 0.891. The molecule has 0 saturated heterocycles. The molecular weight excluding hydrogens is 128 g/mol. The number of rotatable bonds is 0. The Bertz CT molecular complexity index is 44.2. The molecule has 2 atom stereocenters. The molecule has 1 saturated carbocycles. The molecular formula is C3H12N2S2. The summed E-state index contributed by atoms with van der Waals surface area (Å²) in [4.78, 5) is 0. The van der Waals surface area contributed by atoms with E-state index >= 15 is 0 Å². The lowest BCUT2D eigenvalue weighted by atomic mass is 10.7. The number of hydrogen-bond donors (Lipinski definition) is 2. The molecule has 0 aromatic heterocycles. The fourth-order valence-corrected chi connectivity index (χ4v) is 0.236. The van der Waals surface area contributed by atoms with Crippen LogP contribution >= 0.6 is 27.0 Å². The van der Waals surface area contributed by atoms with Crippen LogP contribution in [0.2, 0.25) is 0 Å². The van der Waals surface area contributed by atoms with Gasteiger partial charge in [0, 0.05) is 12.1 Å². The third-order valence-electron chi connectivity index (χ3n) is 0.891. The van der Waals surface area contributed by atoms with Gasteiger partial charge in [-0.25, -0.2) is 0 Å². The summed E-state index contributed by atoms with van der Waals surface area (Å²) in [5.41, 5.74) is 10.5. The molecule has 0 bridgehead atoms. The average molecular weight is 140 g/mol. The van der Waals surface area contributed by atoms with Crippen LogP contribution in [0.3, 0.4) is 0 Å². The molecule has 1 rings (SSSR count). The lowest BCUT2D eigenvalue weighted by Gasteiger charge is -1.70. The molecule has 1 fully saturated rings. The molecule has 0 heterocycles.